The molecule has 6 nitrogen and oxygen atoms in total. The predicted octanol–water partition coefficient (Wildman–Crippen LogP) is 3.87. The van der Waals surface area contributed by atoms with Gasteiger partial charge in [-0.3, -0.25) is 0 Å². The summed E-state index contributed by atoms with van der Waals surface area (Å²) in [5.74, 6) is -2.53. The van der Waals surface area contributed by atoms with Gasteiger partial charge >= 0.3 is 0 Å². The van der Waals surface area contributed by atoms with Gasteiger partial charge in [0.2, 0.25) is 0 Å². The SMILES string of the molecule is CN(C)c1ccc(F)c(-c2c(F)cc(-n3cc(-c4cncnc4)nn3)cc2F)c1. The summed E-state index contributed by atoms with van der Waals surface area (Å²) in [7, 11) is 3.51. The third-order valence-electron chi connectivity index (χ3n) is 4.38. The van der Waals surface area contributed by atoms with E-state index in [4.69, 9.17) is 0 Å². The van der Waals surface area contributed by atoms with E-state index in [2.05, 4.69) is 20.3 Å². The second kappa shape index (κ2) is 7.34. The lowest BCUT2D eigenvalue weighted by molar-refractivity contribution is 0.578. The van der Waals surface area contributed by atoms with Crippen LogP contribution in [0.1, 0.15) is 0 Å². The van der Waals surface area contributed by atoms with Gasteiger partial charge < -0.3 is 4.90 Å². The Kier molecular flexibility index (Phi) is 4.71. The maximum Gasteiger partial charge on any atom is 0.136 e. The number of aromatic nitrogens is 5. The zero-order valence-corrected chi connectivity index (χ0v) is 15.5. The van der Waals surface area contributed by atoms with Crippen LogP contribution < -0.4 is 4.90 Å². The van der Waals surface area contributed by atoms with Crippen molar-refractivity contribution in [2.24, 2.45) is 0 Å². The van der Waals surface area contributed by atoms with Gasteiger partial charge in [0.1, 0.15) is 29.5 Å². The molecular weight excluding hydrogens is 381 g/mol. The van der Waals surface area contributed by atoms with Crippen LogP contribution >= 0.6 is 0 Å². The van der Waals surface area contributed by atoms with Crippen molar-refractivity contribution < 1.29 is 13.2 Å². The summed E-state index contributed by atoms with van der Waals surface area (Å²) >= 11 is 0. The fraction of sp³-hybridized carbons (Fsp3) is 0.100. The van der Waals surface area contributed by atoms with Crippen molar-refractivity contribution in [3.63, 3.8) is 0 Å². The summed E-state index contributed by atoms with van der Waals surface area (Å²) in [6, 6.07) is 6.29. The summed E-state index contributed by atoms with van der Waals surface area (Å²) in [5, 5.41) is 7.87. The predicted molar refractivity (Wildman–Crippen MR) is 102 cm³/mol. The van der Waals surface area contributed by atoms with Gasteiger partial charge in [-0.15, -0.1) is 5.10 Å². The van der Waals surface area contributed by atoms with Crippen LogP contribution in [0.25, 0.3) is 28.1 Å². The van der Waals surface area contributed by atoms with Crippen molar-refractivity contribution in [2.75, 3.05) is 19.0 Å². The first-order valence-electron chi connectivity index (χ1n) is 8.58. The monoisotopic (exact) mass is 396 g/mol. The van der Waals surface area contributed by atoms with Gasteiger partial charge in [0.05, 0.1) is 17.4 Å². The topological polar surface area (TPSA) is 59.7 Å². The maximum absolute atomic E-state index is 14.8. The van der Waals surface area contributed by atoms with Gasteiger partial charge in [0, 0.05) is 55.4 Å². The molecule has 0 saturated heterocycles. The van der Waals surface area contributed by atoms with Crippen LogP contribution in [0.15, 0.2) is 55.2 Å². The van der Waals surface area contributed by atoms with Crippen LogP contribution in [0.2, 0.25) is 0 Å². The van der Waals surface area contributed by atoms with E-state index in [0.717, 1.165) is 12.1 Å². The minimum atomic E-state index is -0.907. The second-order valence-corrected chi connectivity index (χ2v) is 6.52. The smallest absolute Gasteiger partial charge is 0.136 e. The lowest BCUT2D eigenvalue weighted by Gasteiger charge is -2.15. The normalized spacial score (nSPS) is 10.9. The first-order chi connectivity index (χ1) is 13.9. The number of nitrogens with zero attached hydrogens (tertiary/aromatic N) is 6. The van der Waals surface area contributed by atoms with Gasteiger partial charge in [-0.25, -0.2) is 27.8 Å². The number of halogens is 3. The van der Waals surface area contributed by atoms with Crippen LogP contribution in [-0.2, 0) is 0 Å². The van der Waals surface area contributed by atoms with Crippen molar-refractivity contribution in [3.05, 3.63) is 72.7 Å². The molecule has 0 bridgehead atoms. The van der Waals surface area contributed by atoms with Crippen molar-refractivity contribution in [3.8, 4) is 28.1 Å². The third kappa shape index (κ3) is 3.54. The summed E-state index contributed by atoms with van der Waals surface area (Å²) < 4.78 is 45.2. The van der Waals surface area contributed by atoms with E-state index in [9.17, 15) is 13.2 Å². The van der Waals surface area contributed by atoms with Crippen molar-refractivity contribution in [2.45, 2.75) is 0 Å². The van der Waals surface area contributed by atoms with Gasteiger partial charge in [-0.1, -0.05) is 5.21 Å². The Labute approximate surface area is 164 Å². The Morgan fingerprint density at radius 3 is 2.24 bits per heavy atom. The molecule has 2 aromatic heterocycles. The Hall–Kier alpha value is -3.75. The molecule has 9 heteroatoms. The Morgan fingerprint density at radius 2 is 1.59 bits per heavy atom. The molecule has 0 N–H and O–H groups in total. The van der Waals surface area contributed by atoms with Crippen LogP contribution in [0.5, 0.6) is 0 Å². The number of anilines is 1. The van der Waals surface area contributed by atoms with Gasteiger partial charge in [-0.05, 0) is 18.2 Å². The van der Waals surface area contributed by atoms with Crippen LogP contribution in [0.4, 0.5) is 18.9 Å². The largest absolute Gasteiger partial charge is 0.378 e. The first kappa shape index (κ1) is 18.6. The van der Waals surface area contributed by atoms with E-state index in [0.29, 0.717) is 16.9 Å². The molecule has 0 radical (unpaired) electrons. The number of benzene rings is 2. The zero-order chi connectivity index (χ0) is 20.5. The van der Waals surface area contributed by atoms with Crippen molar-refractivity contribution >= 4 is 5.69 Å². The standard InChI is InChI=1S/C20H15F3N6/c1-28(2)13-3-4-16(21)15(5-13)20-17(22)6-14(7-18(20)23)29-10-19(26-27-29)12-8-24-11-25-9-12/h3-11H,1-2H3. The summed E-state index contributed by atoms with van der Waals surface area (Å²) in [6.45, 7) is 0. The average Bonchev–Trinajstić information content (AvgIpc) is 3.19. The number of rotatable bonds is 4. The van der Waals surface area contributed by atoms with Crippen LogP contribution in [-0.4, -0.2) is 39.1 Å². The summed E-state index contributed by atoms with van der Waals surface area (Å²) in [5.41, 5.74) is 1.20. The lowest BCUT2D eigenvalue weighted by atomic mass is 10.0. The molecule has 0 unspecified atom stereocenters. The van der Waals surface area contributed by atoms with E-state index >= 15 is 0 Å². The fourth-order valence-corrected chi connectivity index (χ4v) is 2.89. The molecule has 4 aromatic rings. The highest BCUT2D eigenvalue weighted by molar-refractivity contribution is 5.71. The second-order valence-electron chi connectivity index (χ2n) is 6.52. The average molecular weight is 396 g/mol. The Morgan fingerprint density at radius 1 is 0.897 bits per heavy atom. The van der Waals surface area contributed by atoms with Gasteiger partial charge in [-0.2, -0.15) is 0 Å². The molecule has 0 saturated carbocycles. The molecule has 0 aliphatic heterocycles. The quantitative estimate of drug-likeness (QED) is 0.524. The molecule has 29 heavy (non-hydrogen) atoms. The van der Waals surface area contributed by atoms with E-state index in [1.165, 1.54) is 35.4 Å². The van der Waals surface area contributed by atoms with Crippen LogP contribution in [0, 0.1) is 17.5 Å². The Balaban J connectivity index is 1.76. The van der Waals surface area contributed by atoms with E-state index in [1.54, 1.807) is 31.4 Å². The van der Waals surface area contributed by atoms with Gasteiger partial charge in [0.15, 0.2) is 0 Å². The van der Waals surface area contributed by atoms with E-state index in [-0.39, 0.29) is 11.3 Å². The first-order valence-corrected chi connectivity index (χ1v) is 8.58. The molecule has 0 aliphatic carbocycles. The minimum Gasteiger partial charge on any atom is -0.378 e. The zero-order valence-electron chi connectivity index (χ0n) is 15.5. The van der Waals surface area contributed by atoms with Crippen LogP contribution in [0.3, 0.4) is 0 Å². The molecule has 0 atom stereocenters. The molecule has 0 spiro atoms. The van der Waals surface area contributed by atoms with E-state index in [1.807, 2.05) is 0 Å². The van der Waals surface area contributed by atoms with Crippen molar-refractivity contribution in [1.82, 2.24) is 25.0 Å². The molecule has 4 rings (SSSR count). The molecule has 2 heterocycles. The minimum absolute atomic E-state index is 0.114. The summed E-state index contributed by atoms with van der Waals surface area (Å²) in [4.78, 5) is 9.51. The fourth-order valence-electron chi connectivity index (χ4n) is 2.89. The molecule has 146 valence electrons. The van der Waals surface area contributed by atoms with Crippen molar-refractivity contribution in [1.29, 1.82) is 0 Å². The summed E-state index contributed by atoms with van der Waals surface area (Å²) in [6.07, 6.45) is 5.97. The van der Waals surface area contributed by atoms with Gasteiger partial charge in [0.25, 0.3) is 0 Å². The highest BCUT2D eigenvalue weighted by Gasteiger charge is 2.19. The molecule has 2 aromatic carbocycles. The highest BCUT2D eigenvalue weighted by atomic mass is 19.1. The van der Waals surface area contributed by atoms with E-state index < -0.39 is 23.0 Å². The highest BCUT2D eigenvalue weighted by Crippen LogP contribution is 2.32. The molecular formula is C20H15F3N6. The third-order valence-corrected chi connectivity index (χ3v) is 4.38. The molecule has 0 amide bonds. The number of hydrogen-bond acceptors (Lipinski definition) is 5. The number of hydrogen-bond donors (Lipinski definition) is 0. The lowest BCUT2D eigenvalue weighted by Crippen LogP contribution is -2.09. The molecule has 0 fully saturated rings. The molecule has 0 aliphatic rings. The Bertz CT molecular complexity index is 1150. The maximum atomic E-state index is 14.8.